The van der Waals surface area contributed by atoms with E-state index in [2.05, 4.69) is 42.2 Å². The van der Waals surface area contributed by atoms with E-state index in [0.29, 0.717) is 28.8 Å². The first-order chi connectivity index (χ1) is 16.4. The molecule has 3 aromatic rings. The largest absolute Gasteiger partial charge is 0.375 e. The van der Waals surface area contributed by atoms with Crippen LogP contribution in [0, 0.1) is 24.1 Å². The van der Waals surface area contributed by atoms with Crippen molar-refractivity contribution in [1.82, 2.24) is 10.2 Å². The van der Waals surface area contributed by atoms with Gasteiger partial charge >= 0.3 is 0 Å². The molecule has 0 unspecified atom stereocenters. The molecular weight excluding hydrogens is 425 g/mol. The van der Waals surface area contributed by atoms with Crippen LogP contribution in [0.4, 0.5) is 4.39 Å². The second kappa shape index (κ2) is 11.6. The smallest absolute Gasteiger partial charge is 0.252 e. The highest BCUT2D eigenvalue weighted by atomic mass is 19.1. The van der Waals surface area contributed by atoms with Crippen LogP contribution in [0.25, 0.3) is 0 Å². The topological polar surface area (TPSA) is 56.1 Å². The molecular formula is C29H28FN3O. The summed E-state index contributed by atoms with van der Waals surface area (Å²) in [5, 5.41) is 11.9. The van der Waals surface area contributed by atoms with Crippen molar-refractivity contribution < 1.29 is 9.18 Å². The van der Waals surface area contributed by atoms with Gasteiger partial charge in [-0.05, 0) is 59.4 Å². The molecule has 3 rings (SSSR count). The quantitative estimate of drug-likeness (QED) is 0.348. The Morgan fingerprint density at radius 1 is 1.06 bits per heavy atom. The average Bonchev–Trinajstić information content (AvgIpc) is 2.84. The molecule has 34 heavy (non-hydrogen) atoms. The second-order valence-corrected chi connectivity index (χ2v) is 8.28. The lowest BCUT2D eigenvalue weighted by molar-refractivity contribution is -0.117. The highest BCUT2D eigenvalue weighted by molar-refractivity contribution is 5.95. The number of nitrogens with one attached hydrogen (secondary N) is 1. The van der Waals surface area contributed by atoms with Gasteiger partial charge in [-0.15, -0.1) is 0 Å². The number of hydrogen-bond donors (Lipinski definition) is 1. The Balaban J connectivity index is 1.57. The van der Waals surface area contributed by atoms with E-state index in [4.69, 9.17) is 5.26 Å². The van der Waals surface area contributed by atoms with Crippen molar-refractivity contribution in [3.05, 3.63) is 130 Å². The minimum atomic E-state index is -0.285. The van der Waals surface area contributed by atoms with Gasteiger partial charge in [-0.1, -0.05) is 61.2 Å². The van der Waals surface area contributed by atoms with Crippen molar-refractivity contribution in [2.24, 2.45) is 0 Å². The fourth-order valence-electron chi connectivity index (χ4n) is 3.55. The van der Waals surface area contributed by atoms with Gasteiger partial charge in [-0.25, -0.2) is 4.39 Å². The summed E-state index contributed by atoms with van der Waals surface area (Å²) in [6.45, 7) is 6.32. The number of nitrogens with zero attached hydrogens (tertiary/aromatic N) is 2. The summed E-state index contributed by atoms with van der Waals surface area (Å²) >= 11 is 0. The Morgan fingerprint density at radius 2 is 1.76 bits per heavy atom. The van der Waals surface area contributed by atoms with Crippen molar-refractivity contribution >= 4 is 5.91 Å². The summed E-state index contributed by atoms with van der Waals surface area (Å²) in [6.07, 6.45) is 4.02. The maximum absolute atomic E-state index is 13.7. The van der Waals surface area contributed by atoms with Gasteiger partial charge in [0.2, 0.25) is 0 Å². The average molecular weight is 454 g/mol. The Morgan fingerprint density at radius 3 is 2.44 bits per heavy atom. The van der Waals surface area contributed by atoms with E-state index in [1.807, 2.05) is 30.1 Å². The molecule has 0 fully saturated rings. The van der Waals surface area contributed by atoms with Gasteiger partial charge in [0.25, 0.3) is 5.91 Å². The van der Waals surface area contributed by atoms with Crippen LogP contribution < -0.4 is 5.32 Å². The van der Waals surface area contributed by atoms with Crippen LogP contribution in [0.2, 0.25) is 0 Å². The summed E-state index contributed by atoms with van der Waals surface area (Å²) < 4.78 is 13.7. The molecule has 4 nitrogen and oxygen atoms in total. The summed E-state index contributed by atoms with van der Waals surface area (Å²) in [4.78, 5) is 14.5. The van der Waals surface area contributed by atoms with Crippen molar-refractivity contribution in [3.63, 3.8) is 0 Å². The molecule has 0 aromatic heterocycles. The third-order valence-electron chi connectivity index (χ3n) is 5.45. The van der Waals surface area contributed by atoms with Crippen molar-refractivity contribution in [1.29, 1.82) is 5.26 Å². The molecule has 0 saturated heterocycles. The van der Waals surface area contributed by atoms with E-state index in [1.54, 1.807) is 31.3 Å². The van der Waals surface area contributed by atoms with Crippen LogP contribution in [0.1, 0.15) is 33.4 Å². The Labute approximate surface area is 200 Å². The maximum Gasteiger partial charge on any atom is 0.252 e. The fraction of sp³-hybridized carbons (Fsp3) is 0.172. The van der Waals surface area contributed by atoms with E-state index in [-0.39, 0.29) is 18.3 Å². The molecule has 1 N–H and O–H groups in total. The predicted octanol–water partition coefficient (Wildman–Crippen LogP) is 5.41. The molecule has 5 heteroatoms. The highest BCUT2D eigenvalue weighted by Crippen LogP contribution is 2.14. The van der Waals surface area contributed by atoms with E-state index in [9.17, 15) is 9.18 Å². The zero-order valence-corrected chi connectivity index (χ0v) is 19.5. The predicted molar refractivity (Wildman–Crippen MR) is 133 cm³/mol. The van der Waals surface area contributed by atoms with Crippen LogP contribution in [0.3, 0.4) is 0 Å². The number of amides is 1. The van der Waals surface area contributed by atoms with Gasteiger partial charge in [0.15, 0.2) is 0 Å². The number of halogens is 1. The molecule has 0 spiro atoms. The maximum atomic E-state index is 13.7. The first-order valence-electron chi connectivity index (χ1n) is 11.0. The molecule has 0 atom stereocenters. The SMILES string of the molecule is C=C/C(=C\N(C)Cc1ccc(Cc2cccc(C#N)c2)cc1)C(=O)NCc1ccc(C)c(F)c1. The third kappa shape index (κ3) is 6.91. The molecule has 0 radical (unpaired) electrons. The summed E-state index contributed by atoms with van der Waals surface area (Å²) in [6, 6.07) is 23.0. The first-order valence-corrected chi connectivity index (χ1v) is 11.0. The van der Waals surface area contributed by atoms with Crippen molar-refractivity contribution in [3.8, 4) is 6.07 Å². The minimum Gasteiger partial charge on any atom is -0.375 e. The van der Waals surface area contributed by atoms with E-state index >= 15 is 0 Å². The monoisotopic (exact) mass is 453 g/mol. The lowest BCUT2D eigenvalue weighted by Crippen LogP contribution is -2.25. The number of hydrogen-bond acceptors (Lipinski definition) is 3. The molecule has 0 aliphatic carbocycles. The minimum absolute atomic E-state index is 0.240. The normalized spacial score (nSPS) is 10.9. The number of aryl methyl sites for hydroxylation is 1. The second-order valence-electron chi connectivity index (χ2n) is 8.28. The van der Waals surface area contributed by atoms with E-state index < -0.39 is 0 Å². The van der Waals surface area contributed by atoms with Gasteiger partial charge in [0, 0.05) is 26.3 Å². The number of carbonyl (C=O) groups is 1. The molecule has 0 aliphatic heterocycles. The Bertz CT molecular complexity index is 1240. The third-order valence-corrected chi connectivity index (χ3v) is 5.45. The van der Waals surface area contributed by atoms with Crippen LogP contribution in [0.15, 0.2) is 91.2 Å². The number of carbonyl (C=O) groups excluding carboxylic acids is 1. The highest BCUT2D eigenvalue weighted by Gasteiger charge is 2.08. The number of benzene rings is 3. The number of nitriles is 1. The molecule has 0 aliphatic rings. The van der Waals surface area contributed by atoms with Crippen LogP contribution in [-0.2, 0) is 24.3 Å². The molecule has 0 bridgehead atoms. The van der Waals surface area contributed by atoms with Gasteiger partial charge in [-0.3, -0.25) is 4.79 Å². The summed E-state index contributed by atoms with van der Waals surface area (Å²) in [5.74, 6) is -0.551. The molecule has 172 valence electrons. The lowest BCUT2D eigenvalue weighted by Gasteiger charge is -2.16. The zero-order chi connectivity index (χ0) is 24.5. The Hall–Kier alpha value is -4.17. The fourth-order valence-corrected chi connectivity index (χ4v) is 3.55. The number of rotatable bonds is 9. The molecule has 3 aromatic carbocycles. The van der Waals surface area contributed by atoms with Gasteiger partial charge in [0.05, 0.1) is 17.2 Å². The van der Waals surface area contributed by atoms with Gasteiger partial charge in [-0.2, -0.15) is 5.26 Å². The van der Waals surface area contributed by atoms with Crippen LogP contribution >= 0.6 is 0 Å². The van der Waals surface area contributed by atoms with Gasteiger partial charge < -0.3 is 10.2 Å². The zero-order valence-electron chi connectivity index (χ0n) is 19.5. The Kier molecular flexibility index (Phi) is 8.37. The summed E-state index contributed by atoms with van der Waals surface area (Å²) in [7, 11) is 1.90. The van der Waals surface area contributed by atoms with Crippen LogP contribution in [0.5, 0.6) is 0 Å². The van der Waals surface area contributed by atoms with E-state index in [0.717, 1.165) is 23.1 Å². The van der Waals surface area contributed by atoms with Crippen LogP contribution in [-0.4, -0.2) is 17.9 Å². The van der Waals surface area contributed by atoms with Gasteiger partial charge in [0.1, 0.15) is 5.82 Å². The van der Waals surface area contributed by atoms with Crippen molar-refractivity contribution in [2.45, 2.75) is 26.4 Å². The molecule has 0 saturated carbocycles. The lowest BCUT2D eigenvalue weighted by atomic mass is 10.0. The summed E-state index contributed by atoms with van der Waals surface area (Å²) in [5.41, 5.74) is 5.74. The van der Waals surface area contributed by atoms with E-state index in [1.165, 1.54) is 12.1 Å². The standard InChI is InChI=1S/C29H28FN3O/c1-4-27(29(34)32-18-26-9-8-21(2)28(30)16-26)20-33(3)19-23-12-10-22(11-13-23)14-24-6-5-7-25(15-24)17-31/h4-13,15-16,20H,1,14,18-19H2,2-3H3,(H,32,34)/b27-20+. The van der Waals surface area contributed by atoms with Crippen molar-refractivity contribution in [2.75, 3.05) is 7.05 Å². The molecule has 1 amide bonds. The first kappa shape index (κ1) is 24.5. The molecule has 0 heterocycles.